The fraction of sp³-hybridized carbons (Fsp3) is 0.643. The normalized spacial score (nSPS) is 26.1. The number of hydrogen-bond acceptors (Lipinski definition) is 3. The Morgan fingerprint density at radius 3 is 3.06 bits per heavy atom. The Balaban J connectivity index is 2.24. The van der Waals surface area contributed by atoms with E-state index in [2.05, 4.69) is 30.2 Å². The molecule has 1 fully saturated rings. The quantitative estimate of drug-likeness (QED) is 0.869. The van der Waals surface area contributed by atoms with Gasteiger partial charge in [-0.05, 0) is 44.0 Å². The molecule has 2 heterocycles. The SMILES string of the molecule is CCC1OCCC1C(NC)c1cnccc1C. The molecule has 0 aliphatic carbocycles. The lowest BCUT2D eigenvalue weighted by Gasteiger charge is -2.28. The number of aryl methyl sites for hydroxylation is 1. The van der Waals surface area contributed by atoms with Crippen molar-refractivity contribution in [3.63, 3.8) is 0 Å². The molecule has 1 aliphatic heterocycles. The van der Waals surface area contributed by atoms with Crippen molar-refractivity contribution in [1.82, 2.24) is 10.3 Å². The average molecular weight is 234 g/mol. The molecule has 0 amide bonds. The highest BCUT2D eigenvalue weighted by molar-refractivity contribution is 5.26. The smallest absolute Gasteiger partial charge is 0.0619 e. The standard InChI is InChI=1S/C14H22N2O/c1-4-13-11(6-8-17-13)14(15-3)12-9-16-7-5-10(12)2/h5,7,9,11,13-15H,4,6,8H2,1-3H3. The summed E-state index contributed by atoms with van der Waals surface area (Å²) in [5, 5.41) is 3.45. The molecule has 94 valence electrons. The molecule has 1 aromatic heterocycles. The van der Waals surface area contributed by atoms with Crippen LogP contribution in [0.2, 0.25) is 0 Å². The maximum Gasteiger partial charge on any atom is 0.0619 e. The van der Waals surface area contributed by atoms with Gasteiger partial charge >= 0.3 is 0 Å². The Bertz CT molecular complexity index is 367. The first kappa shape index (κ1) is 12.5. The van der Waals surface area contributed by atoms with E-state index in [1.54, 1.807) is 0 Å². The minimum atomic E-state index is 0.358. The van der Waals surface area contributed by atoms with Gasteiger partial charge < -0.3 is 10.1 Å². The summed E-state index contributed by atoms with van der Waals surface area (Å²) in [7, 11) is 2.03. The summed E-state index contributed by atoms with van der Waals surface area (Å²) in [4.78, 5) is 4.26. The molecule has 3 unspecified atom stereocenters. The van der Waals surface area contributed by atoms with Crippen LogP contribution in [0.25, 0.3) is 0 Å². The zero-order valence-corrected chi connectivity index (χ0v) is 10.9. The highest BCUT2D eigenvalue weighted by atomic mass is 16.5. The molecule has 0 radical (unpaired) electrons. The molecule has 1 aromatic rings. The molecule has 2 rings (SSSR count). The number of aromatic nitrogens is 1. The molecule has 1 aliphatic rings. The van der Waals surface area contributed by atoms with Crippen LogP contribution in [0.5, 0.6) is 0 Å². The van der Waals surface area contributed by atoms with Gasteiger partial charge in [0.25, 0.3) is 0 Å². The topological polar surface area (TPSA) is 34.1 Å². The lowest BCUT2D eigenvalue weighted by atomic mass is 9.86. The maximum atomic E-state index is 5.80. The van der Waals surface area contributed by atoms with Crippen LogP contribution < -0.4 is 5.32 Å². The van der Waals surface area contributed by atoms with Gasteiger partial charge in [0.15, 0.2) is 0 Å². The first-order valence-corrected chi connectivity index (χ1v) is 6.47. The van der Waals surface area contributed by atoms with Crippen LogP contribution in [-0.2, 0) is 4.74 Å². The van der Waals surface area contributed by atoms with Gasteiger partial charge in [-0.1, -0.05) is 6.92 Å². The molecule has 3 heteroatoms. The Labute approximate surface area is 104 Å². The number of rotatable bonds is 4. The predicted molar refractivity (Wildman–Crippen MR) is 68.9 cm³/mol. The van der Waals surface area contributed by atoms with Crippen LogP contribution in [0.15, 0.2) is 18.5 Å². The van der Waals surface area contributed by atoms with E-state index in [1.165, 1.54) is 11.1 Å². The molecule has 3 atom stereocenters. The maximum absolute atomic E-state index is 5.80. The molecule has 3 nitrogen and oxygen atoms in total. The monoisotopic (exact) mass is 234 g/mol. The molecule has 0 spiro atoms. The second-order valence-electron chi connectivity index (χ2n) is 4.77. The summed E-state index contributed by atoms with van der Waals surface area (Å²) >= 11 is 0. The van der Waals surface area contributed by atoms with Gasteiger partial charge in [-0.3, -0.25) is 4.98 Å². The summed E-state index contributed by atoms with van der Waals surface area (Å²) in [6.07, 6.45) is 6.45. The Hall–Kier alpha value is -0.930. The van der Waals surface area contributed by atoms with E-state index in [1.807, 2.05) is 19.4 Å². The number of nitrogens with zero attached hydrogens (tertiary/aromatic N) is 1. The Morgan fingerprint density at radius 1 is 1.59 bits per heavy atom. The lowest BCUT2D eigenvalue weighted by molar-refractivity contribution is 0.0781. The lowest BCUT2D eigenvalue weighted by Crippen LogP contribution is -2.31. The minimum absolute atomic E-state index is 0.358. The fourth-order valence-electron chi connectivity index (χ4n) is 2.87. The molecule has 0 aromatic carbocycles. The summed E-state index contributed by atoms with van der Waals surface area (Å²) in [6.45, 7) is 5.24. The van der Waals surface area contributed by atoms with Crippen molar-refractivity contribution in [3.8, 4) is 0 Å². The van der Waals surface area contributed by atoms with E-state index in [-0.39, 0.29) is 0 Å². The van der Waals surface area contributed by atoms with Crippen LogP contribution in [-0.4, -0.2) is 24.7 Å². The van der Waals surface area contributed by atoms with E-state index in [4.69, 9.17) is 4.74 Å². The van der Waals surface area contributed by atoms with Crippen molar-refractivity contribution in [1.29, 1.82) is 0 Å². The minimum Gasteiger partial charge on any atom is -0.378 e. The van der Waals surface area contributed by atoms with Crippen LogP contribution in [0, 0.1) is 12.8 Å². The molecular weight excluding hydrogens is 212 g/mol. The Morgan fingerprint density at radius 2 is 2.41 bits per heavy atom. The third-order valence-corrected chi connectivity index (χ3v) is 3.82. The first-order valence-electron chi connectivity index (χ1n) is 6.47. The zero-order chi connectivity index (χ0) is 12.3. The van der Waals surface area contributed by atoms with Crippen molar-refractivity contribution >= 4 is 0 Å². The van der Waals surface area contributed by atoms with Crippen molar-refractivity contribution in [2.75, 3.05) is 13.7 Å². The zero-order valence-electron chi connectivity index (χ0n) is 10.9. The molecule has 0 saturated carbocycles. The first-order chi connectivity index (χ1) is 8.27. The third kappa shape index (κ3) is 2.50. The molecule has 0 bridgehead atoms. The summed E-state index contributed by atoms with van der Waals surface area (Å²) in [5.74, 6) is 0.563. The Kier molecular flexibility index (Phi) is 4.13. The molecule has 1 saturated heterocycles. The highest BCUT2D eigenvalue weighted by Gasteiger charge is 2.34. The average Bonchev–Trinajstić information content (AvgIpc) is 2.81. The number of hydrogen-bond donors (Lipinski definition) is 1. The van der Waals surface area contributed by atoms with Gasteiger partial charge in [0.05, 0.1) is 6.10 Å². The predicted octanol–water partition coefficient (Wildman–Crippen LogP) is 2.47. The van der Waals surface area contributed by atoms with Crippen LogP contribution in [0.4, 0.5) is 0 Å². The highest BCUT2D eigenvalue weighted by Crippen LogP contribution is 2.35. The molecule has 1 N–H and O–H groups in total. The van der Waals surface area contributed by atoms with Crippen molar-refractivity contribution in [2.24, 2.45) is 5.92 Å². The van der Waals surface area contributed by atoms with Crippen molar-refractivity contribution in [2.45, 2.75) is 38.8 Å². The van der Waals surface area contributed by atoms with Gasteiger partial charge in [-0.2, -0.15) is 0 Å². The van der Waals surface area contributed by atoms with E-state index < -0.39 is 0 Å². The number of nitrogens with one attached hydrogen (secondary N) is 1. The summed E-state index contributed by atoms with van der Waals surface area (Å²) in [6, 6.07) is 2.44. The third-order valence-electron chi connectivity index (χ3n) is 3.82. The van der Waals surface area contributed by atoms with E-state index in [9.17, 15) is 0 Å². The van der Waals surface area contributed by atoms with E-state index >= 15 is 0 Å². The molecule has 17 heavy (non-hydrogen) atoms. The van der Waals surface area contributed by atoms with Gasteiger partial charge in [-0.15, -0.1) is 0 Å². The van der Waals surface area contributed by atoms with Crippen molar-refractivity contribution < 1.29 is 4.74 Å². The molecular formula is C14H22N2O. The second-order valence-corrected chi connectivity index (χ2v) is 4.77. The van der Waals surface area contributed by atoms with Gasteiger partial charge in [0, 0.05) is 31.0 Å². The van der Waals surface area contributed by atoms with Crippen molar-refractivity contribution in [3.05, 3.63) is 29.6 Å². The van der Waals surface area contributed by atoms with Crippen LogP contribution in [0.1, 0.15) is 36.9 Å². The largest absolute Gasteiger partial charge is 0.378 e. The summed E-state index contributed by atoms with van der Waals surface area (Å²) in [5.41, 5.74) is 2.62. The second kappa shape index (κ2) is 5.61. The van der Waals surface area contributed by atoms with Crippen LogP contribution in [0.3, 0.4) is 0 Å². The fourth-order valence-corrected chi connectivity index (χ4v) is 2.87. The van der Waals surface area contributed by atoms with E-state index in [0.717, 1.165) is 19.4 Å². The number of pyridine rings is 1. The van der Waals surface area contributed by atoms with Gasteiger partial charge in [0.2, 0.25) is 0 Å². The number of ether oxygens (including phenoxy) is 1. The van der Waals surface area contributed by atoms with Crippen LogP contribution >= 0.6 is 0 Å². The van der Waals surface area contributed by atoms with Gasteiger partial charge in [0.1, 0.15) is 0 Å². The van der Waals surface area contributed by atoms with Gasteiger partial charge in [-0.25, -0.2) is 0 Å². The van der Waals surface area contributed by atoms with E-state index in [0.29, 0.717) is 18.1 Å². The summed E-state index contributed by atoms with van der Waals surface area (Å²) < 4.78 is 5.80.